The minimum atomic E-state index is -0.396. The number of carbonyl (C=O) groups is 2. The summed E-state index contributed by atoms with van der Waals surface area (Å²) in [4.78, 5) is 29.6. The number of benzene rings is 4. The molecular formula is C31H31N3O3. The van der Waals surface area contributed by atoms with E-state index in [1.54, 1.807) is 12.1 Å². The van der Waals surface area contributed by atoms with Crippen molar-refractivity contribution in [2.45, 2.75) is 19.8 Å². The molecular weight excluding hydrogens is 462 g/mol. The van der Waals surface area contributed by atoms with Crippen LogP contribution in [-0.2, 0) is 6.42 Å². The second-order valence-electron chi connectivity index (χ2n) is 9.49. The van der Waals surface area contributed by atoms with Gasteiger partial charge in [-0.1, -0.05) is 55.8 Å². The van der Waals surface area contributed by atoms with Crippen molar-refractivity contribution in [2.24, 2.45) is 5.73 Å². The van der Waals surface area contributed by atoms with E-state index in [2.05, 4.69) is 17.9 Å². The van der Waals surface area contributed by atoms with Gasteiger partial charge in [0, 0.05) is 43.0 Å². The molecule has 0 unspecified atom stereocenters. The van der Waals surface area contributed by atoms with Crippen molar-refractivity contribution < 1.29 is 14.7 Å². The molecule has 1 aliphatic rings. The van der Waals surface area contributed by atoms with Gasteiger partial charge in [-0.25, -0.2) is 0 Å². The summed E-state index contributed by atoms with van der Waals surface area (Å²) in [6, 6.07) is 24.8. The molecule has 1 heterocycles. The van der Waals surface area contributed by atoms with Gasteiger partial charge in [-0.15, -0.1) is 0 Å². The van der Waals surface area contributed by atoms with Crippen molar-refractivity contribution in [3.8, 4) is 16.9 Å². The number of phenolic OH excluding ortho intramolecular Hbond substituents is 1. The summed E-state index contributed by atoms with van der Waals surface area (Å²) in [5, 5.41) is 11.8. The van der Waals surface area contributed by atoms with Crippen LogP contribution in [0.25, 0.3) is 21.9 Å². The molecule has 1 aliphatic heterocycles. The van der Waals surface area contributed by atoms with Crippen molar-refractivity contribution in [3.63, 3.8) is 0 Å². The van der Waals surface area contributed by atoms with Gasteiger partial charge in [0.25, 0.3) is 5.91 Å². The number of anilines is 1. The van der Waals surface area contributed by atoms with Gasteiger partial charge < -0.3 is 20.6 Å². The number of amides is 2. The summed E-state index contributed by atoms with van der Waals surface area (Å²) in [5.41, 5.74) is 10.8. The van der Waals surface area contributed by atoms with E-state index >= 15 is 0 Å². The Bertz CT molecular complexity index is 1470. The maximum Gasteiger partial charge on any atom is 0.254 e. The topological polar surface area (TPSA) is 86.9 Å². The predicted octanol–water partition coefficient (Wildman–Crippen LogP) is 5.23. The first-order valence-electron chi connectivity index (χ1n) is 12.7. The monoisotopic (exact) mass is 493 g/mol. The Balaban J connectivity index is 1.37. The van der Waals surface area contributed by atoms with E-state index in [0.717, 1.165) is 46.0 Å². The second-order valence-corrected chi connectivity index (χ2v) is 9.49. The number of piperazine rings is 1. The number of nitrogens with zero attached hydrogens (tertiary/aromatic N) is 2. The average molecular weight is 494 g/mol. The molecule has 0 bridgehead atoms. The molecule has 0 aromatic heterocycles. The molecule has 1 fully saturated rings. The first kappa shape index (κ1) is 24.4. The van der Waals surface area contributed by atoms with Crippen molar-refractivity contribution >= 4 is 28.3 Å². The molecule has 188 valence electrons. The van der Waals surface area contributed by atoms with E-state index in [9.17, 15) is 14.7 Å². The minimum Gasteiger partial charge on any atom is -0.508 e. The van der Waals surface area contributed by atoms with Gasteiger partial charge in [0.2, 0.25) is 5.91 Å². The summed E-state index contributed by atoms with van der Waals surface area (Å²) in [7, 11) is 0. The third-order valence-electron chi connectivity index (χ3n) is 7.12. The van der Waals surface area contributed by atoms with Crippen molar-refractivity contribution in [2.75, 3.05) is 31.1 Å². The third kappa shape index (κ3) is 4.87. The zero-order valence-electron chi connectivity index (χ0n) is 21.0. The molecule has 1 saturated heterocycles. The molecule has 0 spiro atoms. The Kier molecular flexibility index (Phi) is 6.82. The van der Waals surface area contributed by atoms with Crippen molar-refractivity contribution in [1.82, 2.24) is 4.90 Å². The molecule has 3 N–H and O–H groups in total. The number of phenols is 1. The normalized spacial score (nSPS) is 13.6. The van der Waals surface area contributed by atoms with Gasteiger partial charge in [0.1, 0.15) is 5.75 Å². The van der Waals surface area contributed by atoms with E-state index in [4.69, 9.17) is 5.73 Å². The fourth-order valence-corrected chi connectivity index (χ4v) is 5.24. The summed E-state index contributed by atoms with van der Waals surface area (Å²) >= 11 is 0. The van der Waals surface area contributed by atoms with E-state index < -0.39 is 5.91 Å². The summed E-state index contributed by atoms with van der Waals surface area (Å²) in [5.74, 6) is -0.160. The molecule has 5 rings (SSSR count). The Labute approximate surface area is 216 Å². The average Bonchev–Trinajstić information content (AvgIpc) is 2.92. The van der Waals surface area contributed by atoms with Crippen LogP contribution in [0, 0.1) is 0 Å². The number of primary amides is 1. The number of fused-ring (bicyclic) bond motifs is 1. The largest absolute Gasteiger partial charge is 0.508 e. The van der Waals surface area contributed by atoms with Crippen LogP contribution < -0.4 is 10.6 Å². The van der Waals surface area contributed by atoms with Crippen LogP contribution in [0.15, 0.2) is 78.9 Å². The fourth-order valence-electron chi connectivity index (χ4n) is 5.24. The van der Waals surface area contributed by atoms with Crippen LogP contribution in [-0.4, -0.2) is 48.0 Å². The van der Waals surface area contributed by atoms with Gasteiger partial charge in [-0.3, -0.25) is 9.59 Å². The Morgan fingerprint density at radius 1 is 0.838 bits per heavy atom. The molecule has 6 heteroatoms. The highest BCUT2D eigenvalue weighted by molar-refractivity contribution is 6.11. The highest BCUT2D eigenvalue weighted by Crippen LogP contribution is 2.33. The zero-order valence-corrected chi connectivity index (χ0v) is 21.0. The van der Waals surface area contributed by atoms with E-state index in [0.29, 0.717) is 37.3 Å². The number of nitrogens with two attached hydrogens (primary N) is 1. The standard InChI is InChI=1S/C31H31N3O3/c1-2-6-21-19-23(11-12-26(21)30(32)36)33-15-17-34(18-16-33)31(37)29-14-13-25(22-7-5-8-24(35)20-22)27-9-3-4-10-28(27)29/h3-5,7-14,19-20,35H,2,6,15-18H2,1H3,(H2,32,36). The van der Waals surface area contributed by atoms with Gasteiger partial charge in [-0.2, -0.15) is 0 Å². The number of hydrogen-bond acceptors (Lipinski definition) is 4. The van der Waals surface area contributed by atoms with Crippen molar-refractivity contribution in [1.29, 1.82) is 0 Å². The van der Waals surface area contributed by atoms with E-state index in [1.807, 2.05) is 65.6 Å². The Morgan fingerprint density at radius 3 is 2.27 bits per heavy atom. The number of rotatable bonds is 6. The molecule has 0 atom stereocenters. The first-order chi connectivity index (χ1) is 18.0. The SMILES string of the molecule is CCCc1cc(N2CCN(C(=O)c3ccc(-c4cccc(O)c4)c4ccccc34)CC2)ccc1C(N)=O. The predicted molar refractivity (Wildman–Crippen MR) is 148 cm³/mol. The van der Waals surface area contributed by atoms with Gasteiger partial charge in [0.05, 0.1) is 0 Å². The summed E-state index contributed by atoms with van der Waals surface area (Å²) in [6.45, 7) is 4.74. The number of aromatic hydroxyl groups is 1. The lowest BCUT2D eigenvalue weighted by Crippen LogP contribution is -2.48. The summed E-state index contributed by atoms with van der Waals surface area (Å²) < 4.78 is 0. The lowest BCUT2D eigenvalue weighted by atomic mass is 9.94. The maximum atomic E-state index is 13.6. The molecule has 4 aromatic rings. The summed E-state index contributed by atoms with van der Waals surface area (Å²) in [6.07, 6.45) is 1.74. The van der Waals surface area contributed by atoms with Crippen LogP contribution in [0.1, 0.15) is 39.6 Å². The smallest absolute Gasteiger partial charge is 0.254 e. The Morgan fingerprint density at radius 2 is 1.57 bits per heavy atom. The molecule has 2 amide bonds. The third-order valence-corrected chi connectivity index (χ3v) is 7.12. The first-order valence-corrected chi connectivity index (χ1v) is 12.7. The zero-order chi connectivity index (χ0) is 25.9. The number of carbonyl (C=O) groups excluding carboxylic acids is 2. The highest BCUT2D eigenvalue weighted by Gasteiger charge is 2.24. The van der Waals surface area contributed by atoms with Crippen LogP contribution >= 0.6 is 0 Å². The highest BCUT2D eigenvalue weighted by atomic mass is 16.3. The molecule has 37 heavy (non-hydrogen) atoms. The van der Waals surface area contributed by atoms with E-state index in [-0.39, 0.29) is 11.7 Å². The molecule has 6 nitrogen and oxygen atoms in total. The molecule has 0 saturated carbocycles. The lowest BCUT2D eigenvalue weighted by molar-refractivity contribution is 0.0748. The molecule has 4 aromatic carbocycles. The fraction of sp³-hybridized carbons (Fsp3) is 0.226. The number of aryl methyl sites for hydroxylation is 1. The van der Waals surface area contributed by atoms with Gasteiger partial charge >= 0.3 is 0 Å². The Hall–Kier alpha value is -4.32. The number of hydrogen-bond donors (Lipinski definition) is 2. The van der Waals surface area contributed by atoms with Crippen LogP contribution in [0.5, 0.6) is 5.75 Å². The van der Waals surface area contributed by atoms with Gasteiger partial charge in [-0.05, 0) is 70.3 Å². The van der Waals surface area contributed by atoms with Crippen LogP contribution in [0.4, 0.5) is 5.69 Å². The van der Waals surface area contributed by atoms with Crippen molar-refractivity contribution in [3.05, 3.63) is 95.6 Å². The maximum absolute atomic E-state index is 13.6. The van der Waals surface area contributed by atoms with E-state index in [1.165, 1.54) is 0 Å². The molecule has 0 radical (unpaired) electrons. The lowest BCUT2D eigenvalue weighted by Gasteiger charge is -2.36. The minimum absolute atomic E-state index is 0.0223. The molecule has 0 aliphatic carbocycles. The van der Waals surface area contributed by atoms with Crippen LogP contribution in [0.3, 0.4) is 0 Å². The quantitative estimate of drug-likeness (QED) is 0.385. The van der Waals surface area contributed by atoms with Crippen LogP contribution in [0.2, 0.25) is 0 Å². The second kappa shape index (κ2) is 10.3. The van der Waals surface area contributed by atoms with Gasteiger partial charge in [0.15, 0.2) is 0 Å².